The Labute approximate surface area is 148 Å². The first kappa shape index (κ1) is 17.3. The molecule has 0 bridgehead atoms. The second-order valence-electron chi connectivity index (χ2n) is 5.97. The number of carbonyl (C=O) groups is 1. The van der Waals surface area contributed by atoms with Crippen molar-refractivity contribution >= 4 is 22.9 Å². The fourth-order valence-corrected chi connectivity index (χ4v) is 2.68. The number of nitro benzene ring substituents is 1. The summed E-state index contributed by atoms with van der Waals surface area (Å²) in [6.07, 6.45) is 1.57. The van der Waals surface area contributed by atoms with E-state index in [4.69, 9.17) is 0 Å². The number of pyridine rings is 1. The summed E-state index contributed by atoms with van der Waals surface area (Å²) in [6.45, 7) is 5.05. The van der Waals surface area contributed by atoms with Gasteiger partial charge in [-0.2, -0.15) is 0 Å². The topological polar surface area (TPSA) is 107 Å². The number of anilines is 1. The van der Waals surface area contributed by atoms with Crippen LogP contribution in [0.25, 0.3) is 5.65 Å². The number of hydrogen-bond donors (Lipinski definition) is 1. The van der Waals surface area contributed by atoms with Gasteiger partial charge in [0.25, 0.3) is 17.2 Å². The van der Waals surface area contributed by atoms with Gasteiger partial charge in [0.05, 0.1) is 10.6 Å². The van der Waals surface area contributed by atoms with E-state index in [0.717, 1.165) is 5.56 Å². The van der Waals surface area contributed by atoms with Crippen LogP contribution in [0, 0.1) is 30.9 Å². The Balaban J connectivity index is 2.04. The van der Waals surface area contributed by atoms with Gasteiger partial charge in [-0.1, -0.05) is 12.1 Å². The summed E-state index contributed by atoms with van der Waals surface area (Å²) in [4.78, 5) is 40.1. The molecule has 0 aliphatic rings. The van der Waals surface area contributed by atoms with Gasteiger partial charge in [-0.3, -0.25) is 24.1 Å². The quantitative estimate of drug-likeness (QED) is 0.576. The van der Waals surface area contributed by atoms with Crippen molar-refractivity contribution in [2.45, 2.75) is 20.8 Å². The van der Waals surface area contributed by atoms with E-state index in [1.165, 1.54) is 22.6 Å². The minimum Gasteiger partial charge on any atom is -0.316 e. The van der Waals surface area contributed by atoms with Crippen LogP contribution in [0.3, 0.4) is 0 Å². The fourth-order valence-electron chi connectivity index (χ4n) is 2.68. The molecular formula is C18H16N4O4. The van der Waals surface area contributed by atoms with Crippen molar-refractivity contribution in [3.63, 3.8) is 0 Å². The lowest BCUT2D eigenvalue weighted by Gasteiger charge is -2.11. The third-order valence-electron chi connectivity index (χ3n) is 4.14. The minimum atomic E-state index is -0.609. The first-order valence-corrected chi connectivity index (χ1v) is 7.84. The number of nitrogens with zero attached hydrogens (tertiary/aromatic N) is 3. The highest BCUT2D eigenvalue weighted by Crippen LogP contribution is 2.20. The van der Waals surface area contributed by atoms with Crippen LogP contribution >= 0.6 is 0 Å². The summed E-state index contributed by atoms with van der Waals surface area (Å²) < 4.78 is 1.36. The first-order valence-electron chi connectivity index (χ1n) is 7.84. The van der Waals surface area contributed by atoms with Crippen LogP contribution < -0.4 is 10.9 Å². The molecule has 8 nitrogen and oxygen atoms in total. The number of carbonyl (C=O) groups excluding carboxylic acids is 1. The van der Waals surface area contributed by atoms with Gasteiger partial charge in [0, 0.05) is 23.4 Å². The molecule has 0 radical (unpaired) electrons. The highest BCUT2D eigenvalue weighted by molar-refractivity contribution is 6.05. The Bertz CT molecular complexity index is 1120. The Morgan fingerprint density at radius 2 is 1.92 bits per heavy atom. The standard InChI is InChI=1S/C18H16N4O4/c1-10-6-7-13(9-14(10)22(25)26)17(23)20-15-12(3)19-16-11(2)5-4-8-21(16)18(15)24/h4-9H,1-3H3,(H,20,23). The molecule has 2 aromatic heterocycles. The van der Waals surface area contributed by atoms with Crippen LogP contribution in [0.5, 0.6) is 0 Å². The average Bonchev–Trinajstić information content (AvgIpc) is 2.59. The molecule has 1 amide bonds. The summed E-state index contributed by atoms with van der Waals surface area (Å²) >= 11 is 0. The lowest BCUT2D eigenvalue weighted by atomic mass is 10.1. The van der Waals surface area contributed by atoms with Crippen LogP contribution in [-0.4, -0.2) is 20.2 Å². The number of aryl methyl sites for hydroxylation is 3. The summed E-state index contributed by atoms with van der Waals surface area (Å²) in [6, 6.07) is 7.72. The largest absolute Gasteiger partial charge is 0.316 e. The molecule has 2 heterocycles. The lowest BCUT2D eigenvalue weighted by molar-refractivity contribution is -0.385. The highest BCUT2D eigenvalue weighted by Gasteiger charge is 2.18. The molecule has 0 spiro atoms. The van der Waals surface area contributed by atoms with Gasteiger partial charge in [-0.05, 0) is 38.5 Å². The van der Waals surface area contributed by atoms with Crippen LogP contribution in [0.4, 0.5) is 11.4 Å². The highest BCUT2D eigenvalue weighted by atomic mass is 16.6. The Morgan fingerprint density at radius 1 is 1.19 bits per heavy atom. The molecule has 0 saturated heterocycles. The van der Waals surface area contributed by atoms with Crippen molar-refractivity contribution in [3.05, 3.63) is 79.4 Å². The number of rotatable bonds is 3. The molecule has 8 heteroatoms. The SMILES string of the molecule is Cc1ccc(C(=O)Nc2c(C)nc3c(C)cccn3c2=O)cc1[N+](=O)[O-]. The molecule has 0 fully saturated rings. The Hall–Kier alpha value is -3.55. The van der Waals surface area contributed by atoms with Crippen molar-refractivity contribution < 1.29 is 9.72 Å². The summed E-state index contributed by atoms with van der Waals surface area (Å²) in [7, 11) is 0. The molecule has 3 rings (SSSR count). The predicted molar refractivity (Wildman–Crippen MR) is 96.7 cm³/mol. The monoisotopic (exact) mass is 352 g/mol. The number of nitrogens with one attached hydrogen (secondary N) is 1. The third kappa shape index (κ3) is 2.92. The van der Waals surface area contributed by atoms with Gasteiger partial charge in [0.1, 0.15) is 11.3 Å². The van der Waals surface area contributed by atoms with Crippen molar-refractivity contribution in [2.75, 3.05) is 5.32 Å². The van der Waals surface area contributed by atoms with E-state index >= 15 is 0 Å². The van der Waals surface area contributed by atoms with Crippen molar-refractivity contribution in [2.24, 2.45) is 0 Å². The maximum absolute atomic E-state index is 12.7. The molecule has 0 aliphatic heterocycles. The van der Waals surface area contributed by atoms with E-state index in [2.05, 4.69) is 10.3 Å². The fraction of sp³-hybridized carbons (Fsp3) is 0.167. The van der Waals surface area contributed by atoms with E-state index in [1.807, 2.05) is 13.0 Å². The molecule has 132 valence electrons. The van der Waals surface area contributed by atoms with E-state index in [9.17, 15) is 19.7 Å². The normalized spacial score (nSPS) is 10.7. The molecule has 1 aromatic carbocycles. The predicted octanol–water partition coefficient (Wildman–Crippen LogP) is 2.78. The van der Waals surface area contributed by atoms with Crippen LogP contribution in [0.2, 0.25) is 0 Å². The first-order chi connectivity index (χ1) is 12.3. The van der Waals surface area contributed by atoms with E-state index < -0.39 is 16.4 Å². The number of hydrogen-bond acceptors (Lipinski definition) is 5. The zero-order valence-electron chi connectivity index (χ0n) is 14.4. The molecule has 1 N–H and O–H groups in total. The van der Waals surface area contributed by atoms with E-state index in [1.54, 1.807) is 26.1 Å². The summed E-state index contributed by atoms with van der Waals surface area (Å²) in [5.41, 5.74) is 1.74. The van der Waals surface area contributed by atoms with Gasteiger partial charge >= 0.3 is 0 Å². The minimum absolute atomic E-state index is 0.0429. The number of amides is 1. The second kappa shape index (κ2) is 6.40. The number of benzene rings is 1. The molecule has 26 heavy (non-hydrogen) atoms. The van der Waals surface area contributed by atoms with E-state index in [-0.39, 0.29) is 16.9 Å². The van der Waals surface area contributed by atoms with Crippen molar-refractivity contribution in [1.82, 2.24) is 9.38 Å². The summed E-state index contributed by atoms with van der Waals surface area (Å²) in [5.74, 6) is -0.609. The lowest BCUT2D eigenvalue weighted by Crippen LogP contribution is -2.25. The smallest absolute Gasteiger partial charge is 0.281 e. The van der Waals surface area contributed by atoms with Crippen LogP contribution in [0.15, 0.2) is 41.3 Å². The maximum atomic E-state index is 12.7. The average molecular weight is 352 g/mol. The Morgan fingerprint density at radius 3 is 2.62 bits per heavy atom. The van der Waals surface area contributed by atoms with Gasteiger partial charge in [0.2, 0.25) is 0 Å². The second-order valence-corrected chi connectivity index (χ2v) is 5.97. The van der Waals surface area contributed by atoms with E-state index in [0.29, 0.717) is 16.9 Å². The van der Waals surface area contributed by atoms with Crippen molar-refractivity contribution in [3.8, 4) is 0 Å². The molecule has 0 aliphatic carbocycles. The summed E-state index contributed by atoms with van der Waals surface area (Å²) in [5, 5.41) is 13.6. The number of nitro groups is 1. The molecule has 0 saturated carbocycles. The van der Waals surface area contributed by atoms with Gasteiger partial charge < -0.3 is 5.32 Å². The van der Waals surface area contributed by atoms with Gasteiger partial charge in [0.15, 0.2) is 0 Å². The number of fused-ring (bicyclic) bond motifs is 1. The Kier molecular flexibility index (Phi) is 4.25. The zero-order valence-corrected chi connectivity index (χ0v) is 14.4. The zero-order chi connectivity index (χ0) is 19.0. The van der Waals surface area contributed by atoms with Gasteiger partial charge in [-0.15, -0.1) is 0 Å². The molecule has 3 aromatic rings. The van der Waals surface area contributed by atoms with Gasteiger partial charge in [-0.25, -0.2) is 4.98 Å². The molecule has 0 atom stereocenters. The molecular weight excluding hydrogens is 336 g/mol. The van der Waals surface area contributed by atoms with Crippen LogP contribution in [-0.2, 0) is 0 Å². The van der Waals surface area contributed by atoms with Crippen LogP contribution in [0.1, 0.15) is 27.2 Å². The number of aromatic nitrogens is 2. The third-order valence-corrected chi connectivity index (χ3v) is 4.14. The molecule has 0 unspecified atom stereocenters. The van der Waals surface area contributed by atoms with Crippen molar-refractivity contribution in [1.29, 1.82) is 0 Å². The maximum Gasteiger partial charge on any atom is 0.281 e.